The van der Waals surface area contributed by atoms with Crippen molar-refractivity contribution in [3.8, 4) is 0 Å². The van der Waals surface area contributed by atoms with Gasteiger partial charge in [0.2, 0.25) is 5.89 Å². The van der Waals surface area contributed by atoms with E-state index in [-0.39, 0.29) is 33.1 Å². The summed E-state index contributed by atoms with van der Waals surface area (Å²) in [5.74, 6) is -2.04. The molecule has 1 aliphatic carbocycles. The summed E-state index contributed by atoms with van der Waals surface area (Å²) in [6.45, 7) is 1.59. The molecule has 1 unspecified atom stereocenters. The molecule has 1 saturated carbocycles. The maximum atomic E-state index is 12.9. The van der Waals surface area contributed by atoms with Crippen molar-refractivity contribution in [1.29, 1.82) is 0 Å². The van der Waals surface area contributed by atoms with Gasteiger partial charge >= 0.3 is 0 Å². The minimum Gasteiger partial charge on any atom is -0.338 e. The summed E-state index contributed by atoms with van der Waals surface area (Å²) >= 11 is 6.10. The van der Waals surface area contributed by atoms with Gasteiger partial charge in [-0.1, -0.05) is 16.8 Å². The van der Waals surface area contributed by atoms with Gasteiger partial charge in [0.25, 0.3) is 0 Å². The van der Waals surface area contributed by atoms with Gasteiger partial charge in [-0.25, -0.2) is 8.42 Å². The Balaban J connectivity index is 2.02. The Morgan fingerprint density at radius 3 is 2.48 bits per heavy atom. The maximum Gasteiger partial charge on any atom is 0.245 e. The lowest BCUT2D eigenvalue weighted by Crippen LogP contribution is -2.24. The molecule has 0 radical (unpaired) electrons. The Morgan fingerprint density at radius 2 is 2.00 bits per heavy atom. The number of hydrogen-bond donors (Lipinski definition) is 0. The predicted octanol–water partition coefficient (Wildman–Crippen LogP) is 2.38. The summed E-state index contributed by atoms with van der Waals surface area (Å²) in [4.78, 5) is 29.5. The molecule has 0 bridgehead atoms. The Hall–Kier alpha value is -2.06. The molecular formula is C16H15ClN2O5S. The third-order valence-corrected chi connectivity index (χ3v) is 5.37. The molecule has 25 heavy (non-hydrogen) atoms. The lowest BCUT2D eigenvalue weighted by atomic mass is 9.91. The van der Waals surface area contributed by atoms with E-state index in [2.05, 4.69) is 10.1 Å². The molecule has 3 rings (SSSR count). The van der Waals surface area contributed by atoms with Crippen molar-refractivity contribution in [2.45, 2.75) is 30.6 Å². The lowest BCUT2D eigenvalue weighted by molar-refractivity contribution is -0.121. The SMILES string of the molecule is Cc1noc(C(C(=O)c2ccc(S(C)(=O)=O)cc2Cl)C(=O)C2CC2)n1. The normalized spacial score (nSPS) is 15.8. The number of nitrogens with zero attached hydrogens (tertiary/aromatic N) is 2. The number of carbonyl (C=O) groups is 2. The number of halogens is 1. The highest BCUT2D eigenvalue weighted by Crippen LogP contribution is 2.37. The Morgan fingerprint density at radius 1 is 1.32 bits per heavy atom. The average Bonchev–Trinajstić information content (AvgIpc) is 3.29. The Bertz CT molecular complexity index is 963. The molecule has 0 N–H and O–H groups in total. The summed E-state index contributed by atoms with van der Waals surface area (Å²) in [6.07, 6.45) is 2.48. The second-order valence-electron chi connectivity index (χ2n) is 6.07. The number of ketones is 2. The first-order chi connectivity index (χ1) is 11.7. The molecular weight excluding hydrogens is 368 g/mol. The first kappa shape index (κ1) is 17.8. The van der Waals surface area contributed by atoms with E-state index in [0.29, 0.717) is 5.82 Å². The van der Waals surface area contributed by atoms with Crippen LogP contribution in [0.3, 0.4) is 0 Å². The smallest absolute Gasteiger partial charge is 0.245 e. The zero-order valence-electron chi connectivity index (χ0n) is 13.5. The zero-order chi connectivity index (χ0) is 18.4. The fourth-order valence-electron chi connectivity index (χ4n) is 2.48. The molecule has 0 aliphatic heterocycles. The highest BCUT2D eigenvalue weighted by atomic mass is 35.5. The van der Waals surface area contributed by atoms with E-state index in [9.17, 15) is 18.0 Å². The lowest BCUT2D eigenvalue weighted by Gasteiger charge is -2.12. The van der Waals surface area contributed by atoms with Crippen LogP contribution in [0.2, 0.25) is 5.02 Å². The van der Waals surface area contributed by atoms with Crippen LogP contribution in [0.15, 0.2) is 27.6 Å². The molecule has 0 saturated heterocycles. The van der Waals surface area contributed by atoms with Crippen LogP contribution in [0.25, 0.3) is 0 Å². The van der Waals surface area contributed by atoms with Crippen LogP contribution < -0.4 is 0 Å². The second-order valence-corrected chi connectivity index (χ2v) is 8.49. The third-order valence-electron chi connectivity index (χ3n) is 3.95. The van der Waals surface area contributed by atoms with E-state index in [4.69, 9.17) is 16.1 Å². The Labute approximate surface area is 149 Å². The molecule has 1 heterocycles. The van der Waals surface area contributed by atoms with E-state index in [1.54, 1.807) is 6.92 Å². The van der Waals surface area contributed by atoms with E-state index in [1.165, 1.54) is 18.2 Å². The van der Waals surface area contributed by atoms with Crippen molar-refractivity contribution in [1.82, 2.24) is 10.1 Å². The van der Waals surface area contributed by atoms with Crippen LogP contribution in [-0.4, -0.2) is 36.4 Å². The number of aromatic nitrogens is 2. The van der Waals surface area contributed by atoms with Gasteiger partial charge in [-0.05, 0) is 38.0 Å². The van der Waals surface area contributed by atoms with Crippen LogP contribution in [0, 0.1) is 12.8 Å². The summed E-state index contributed by atoms with van der Waals surface area (Å²) in [5.41, 5.74) is 0.0453. The molecule has 1 aromatic heterocycles. The summed E-state index contributed by atoms with van der Waals surface area (Å²) in [6, 6.07) is 3.78. The van der Waals surface area contributed by atoms with Crippen molar-refractivity contribution in [2.75, 3.05) is 6.26 Å². The number of hydrogen-bond acceptors (Lipinski definition) is 7. The minimum absolute atomic E-state index is 0.00671. The van der Waals surface area contributed by atoms with Crippen molar-refractivity contribution in [3.63, 3.8) is 0 Å². The van der Waals surface area contributed by atoms with Gasteiger partial charge in [-0.3, -0.25) is 9.59 Å². The molecule has 9 heteroatoms. The first-order valence-electron chi connectivity index (χ1n) is 7.56. The summed E-state index contributed by atoms with van der Waals surface area (Å²) < 4.78 is 28.2. The molecule has 1 aromatic carbocycles. The van der Waals surface area contributed by atoms with Crippen LogP contribution in [0.1, 0.15) is 40.8 Å². The average molecular weight is 383 g/mol. The van der Waals surface area contributed by atoms with Gasteiger partial charge in [-0.2, -0.15) is 4.98 Å². The molecule has 1 atom stereocenters. The predicted molar refractivity (Wildman–Crippen MR) is 88.4 cm³/mol. The molecule has 7 nitrogen and oxygen atoms in total. The van der Waals surface area contributed by atoms with Crippen molar-refractivity contribution < 1.29 is 22.5 Å². The number of Topliss-reactive ketones (excluding diaryl/α,β-unsaturated/α-hetero) is 2. The summed E-state index contributed by atoms with van der Waals surface area (Å²) in [7, 11) is -3.46. The number of benzene rings is 1. The van der Waals surface area contributed by atoms with Crippen LogP contribution >= 0.6 is 11.6 Å². The number of rotatable bonds is 6. The highest BCUT2D eigenvalue weighted by Gasteiger charge is 2.42. The van der Waals surface area contributed by atoms with Gasteiger partial charge < -0.3 is 4.52 Å². The van der Waals surface area contributed by atoms with Crippen molar-refractivity contribution in [3.05, 3.63) is 40.5 Å². The van der Waals surface area contributed by atoms with Crippen LogP contribution in [0.5, 0.6) is 0 Å². The molecule has 2 aromatic rings. The zero-order valence-corrected chi connectivity index (χ0v) is 15.1. The Kier molecular flexibility index (Phi) is 4.51. The fourth-order valence-corrected chi connectivity index (χ4v) is 3.46. The van der Waals surface area contributed by atoms with Gasteiger partial charge in [0.1, 0.15) is 0 Å². The molecule has 0 amide bonds. The van der Waals surface area contributed by atoms with E-state index in [0.717, 1.165) is 19.1 Å². The van der Waals surface area contributed by atoms with Gasteiger partial charge in [0.15, 0.2) is 33.1 Å². The standard InChI is InChI=1S/C16H15ClN2O5S/c1-8-18-16(24-19-8)13(14(20)9-3-4-9)15(21)11-6-5-10(7-12(11)17)25(2,22)23/h5-7,9,13H,3-4H2,1-2H3. The topological polar surface area (TPSA) is 107 Å². The van der Waals surface area contributed by atoms with Gasteiger partial charge in [0, 0.05) is 17.7 Å². The van der Waals surface area contributed by atoms with E-state index < -0.39 is 21.5 Å². The molecule has 1 aliphatic rings. The first-order valence-corrected chi connectivity index (χ1v) is 9.83. The van der Waals surface area contributed by atoms with Crippen LogP contribution in [0.4, 0.5) is 0 Å². The molecule has 132 valence electrons. The molecule has 0 spiro atoms. The van der Waals surface area contributed by atoms with Gasteiger partial charge in [0.05, 0.1) is 9.92 Å². The summed E-state index contributed by atoms with van der Waals surface area (Å²) in [5, 5.41) is 3.60. The number of carbonyl (C=O) groups excluding carboxylic acids is 2. The maximum absolute atomic E-state index is 12.9. The highest BCUT2D eigenvalue weighted by molar-refractivity contribution is 7.90. The van der Waals surface area contributed by atoms with Gasteiger partial charge in [-0.15, -0.1) is 0 Å². The van der Waals surface area contributed by atoms with E-state index in [1.807, 2.05) is 0 Å². The van der Waals surface area contributed by atoms with Crippen LogP contribution in [-0.2, 0) is 14.6 Å². The van der Waals surface area contributed by atoms with E-state index >= 15 is 0 Å². The third kappa shape index (κ3) is 3.64. The number of sulfone groups is 1. The molecule has 1 fully saturated rings. The number of aryl methyl sites for hydroxylation is 1. The quantitative estimate of drug-likeness (QED) is 0.557. The second kappa shape index (κ2) is 6.34. The fraction of sp³-hybridized carbons (Fsp3) is 0.375. The largest absolute Gasteiger partial charge is 0.338 e. The van der Waals surface area contributed by atoms with Crippen molar-refractivity contribution in [2.24, 2.45) is 5.92 Å². The van der Waals surface area contributed by atoms with Crippen molar-refractivity contribution >= 4 is 33.0 Å². The minimum atomic E-state index is -3.46. The monoisotopic (exact) mass is 382 g/mol.